The second-order valence-corrected chi connectivity index (χ2v) is 6.51. The van der Waals surface area contributed by atoms with E-state index in [1.165, 1.54) is 25.5 Å². The molecule has 10 heteroatoms. The van der Waals surface area contributed by atoms with E-state index in [2.05, 4.69) is 15.0 Å². The van der Waals surface area contributed by atoms with E-state index in [1.54, 1.807) is 6.92 Å². The van der Waals surface area contributed by atoms with Gasteiger partial charge in [-0.25, -0.2) is 23.1 Å². The first-order valence-corrected chi connectivity index (χ1v) is 8.77. The fourth-order valence-corrected chi connectivity index (χ4v) is 2.98. The summed E-state index contributed by atoms with van der Waals surface area (Å²) in [7, 11) is 3.37. The molecule has 0 aliphatic heterocycles. The maximum atomic E-state index is 14.8. The summed E-state index contributed by atoms with van der Waals surface area (Å²) in [6, 6.07) is 3.98. The fraction of sp³-hybridized carbons (Fsp3) is 0.105. The first-order chi connectivity index (χ1) is 13.7. The lowest BCUT2D eigenvalue weighted by Crippen LogP contribution is -2.13. The Labute approximate surface area is 165 Å². The Kier molecular flexibility index (Phi) is 5.79. The average molecular weight is 422 g/mol. The highest BCUT2D eigenvalue weighted by atomic mass is 31.0. The summed E-state index contributed by atoms with van der Waals surface area (Å²) in [6.07, 6.45) is 1.28. The lowest BCUT2D eigenvalue weighted by atomic mass is 10.0. The molecule has 5 nitrogen and oxygen atoms in total. The molecule has 1 unspecified atom stereocenters. The molecule has 0 radical (unpaired) electrons. The highest BCUT2D eigenvalue weighted by Crippen LogP contribution is 2.29. The van der Waals surface area contributed by atoms with Crippen molar-refractivity contribution in [3.63, 3.8) is 0 Å². The van der Waals surface area contributed by atoms with Crippen molar-refractivity contribution in [1.82, 2.24) is 9.97 Å². The van der Waals surface area contributed by atoms with Gasteiger partial charge in [-0.2, -0.15) is 4.39 Å². The molecule has 150 valence electrons. The number of nitrogens with two attached hydrogens (primary N) is 1. The van der Waals surface area contributed by atoms with Gasteiger partial charge in [-0.05, 0) is 19.1 Å². The van der Waals surface area contributed by atoms with Crippen LogP contribution in [0.4, 0.5) is 23.4 Å². The molecule has 2 N–H and O–H groups in total. The van der Waals surface area contributed by atoms with Gasteiger partial charge >= 0.3 is 0 Å². The predicted octanol–water partition coefficient (Wildman–Crippen LogP) is 3.68. The molecule has 0 saturated heterocycles. The highest BCUT2D eigenvalue weighted by molar-refractivity contribution is 7.27. The molecule has 1 atom stereocenters. The zero-order valence-electron chi connectivity index (χ0n) is 15.3. The van der Waals surface area contributed by atoms with Gasteiger partial charge in [0.2, 0.25) is 5.82 Å². The normalized spacial score (nSPS) is 11.6. The molecule has 29 heavy (non-hydrogen) atoms. The van der Waals surface area contributed by atoms with Crippen LogP contribution in [0.15, 0.2) is 35.6 Å². The van der Waals surface area contributed by atoms with E-state index in [0.29, 0.717) is 17.3 Å². The Hall–Kier alpha value is -3.06. The molecule has 0 aliphatic rings. The van der Waals surface area contributed by atoms with Crippen LogP contribution in [0.1, 0.15) is 16.8 Å². The fourth-order valence-electron chi connectivity index (χ4n) is 2.71. The number of benzene rings is 2. The Morgan fingerprint density at radius 2 is 1.79 bits per heavy atom. The van der Waals surface area contributed by atoms with Crippen molar-refractivity contribution in [2.24, 2.45) is 4.99 Å². The quantitative estimate of drug-likeness (QED) is 0.301. The van der Waals surface area contributed by atoms with Gasteiger partial charge in [-0.1, -0.05) is 9.24 Å². The van der Waals surface area contributed by atoms with Crippen LogP contribution in [0.25, 0.3) is 0 Å². The van der Waals surface area contributed by atoms with Gasteiger partial charge in [0.15, 0.2) is 11.6 Å². The van der Waals surface area contributed by atoms with Gasteiger partial charge < -0.3 is 10.5 Å². The Morgan fingerprint density at radius 1 is 1.07 bits per heavy atom. The average Bonchev–Trinajstić information content (AvgIpc) is 2.67. The lowest BCUT2D eigenvalue weighted by molar-refractivity contribution is 0.411. The number of halogens is 4. The van der Waals surface area contributed by atoms with E-state index < -0.39 is 29.0 Å². The molecule has 3 aromatic rings. The largest absolute Gasteiger partial charge is 0.453 e. The van der Waals surface area contributed by atoms with E-state index in [0.717, 1.165) is 6.07 Å². The smallest absolute Gasteiger partial charge is 0.202 e. The molecule has 0 amide bonds. The lowest BCUT2D eigenvalue weighted by Gasteiger charge is -2.14. The monoisotopic (exact) mass is 422 g/mol. The zero-order chi connectivity index (χ0) is 21.3. The number of anilines is 1. The highest BCUT2D eigenvalue weighted by Gasteiger charge is 2.21. The van der Waals surface area contributed by atoms with Gasteiger partial charge in [0.25, 0.3) is 0 Å². The van der Waals surface area contributed by atoms with Gasteiger partial charge in [0.1, 0.15) is 29.5 Å². The van der Waals surface area contributed by atoms with Crippen LogP contribution >= 0.6 is 9.24 Å². The van der Waals surface area contributed by atoms with Crippen LogP contribution in [0.5, 0.6) is 11.5 Å². The molecule has 0 bridgehead atoms. The number of ether oxygens (including phenoxy) is 1. The second kappa shape index (κ2) is 8.13. The van der Waals surface area contributed by atoms with Crippen LogP contribution in [0.2, 0.25) is 0 Å². The van der Waals surface area contributed by atoms with Crippen LogP contribution < -0.4 is 15.8 Å². The summed E-state index contributed by atoms with van der Waals surface area (Å²) in [4.78, 5) is 12.0. The number of aromatic nitrogens is 2. The summed E-state index contributed by atoms with van der Waals surface area (Å²) in [5, 5.41) is -0.325. The SMILES string of the molecule is CN=C(c1ccc(Oc2c(F)c(F)cc(F)c2P)cc1F)c1c(C)ncnc1N. The Morgan fingerprint density at radius 3 is 2.41 bits per heavy atom. The summed E-state index contributed by atoms with van der Waals surface area (Å²) in [6.45, 7) is 1.68. The van der Waals surface area contributed by atoms with Gasteiger partial charge in [0, 0.05) is 24.7 Å². The predicted molar refractivity (Wildman–Crippen MR) is 105 cm³/mol. The van der Waals surface area contributed by atoms with E-state index in [4.69, 9.17) is 10.5 Å². The third-order valence-electron chi connectivity index (χ3n) is 4.11. The van der Waals surface area contributed by atoms with Crippen molar-refractivity contribution in [3.8, 4) is 11.5 Å². The van der Waals surface area contributed by atoms with E-state index in [-0.39, 0.29) is 28.1 Å². The molecule has 0 aliphatic carbocycles. The molecule has 2 aromatic carbocycles. The topological polar surface area (TPSA) is 73.4 Å². The number of nitrogens with zero attached hydrogens (tertiary/aromatic N) is 3. The Bertz CT molecular complexity index is 1090. The molecular formula is C19H15F4N4OP. The van der Waals surface area contributed by atoms with E-state index >= 15 is 0 Å². The van der Waals surface area contributed by atoms with Crippen LogP contribution in [-0.2, 0) is 0 Å². The molecule has 0 spiro atoms. The van der Waals surface area contributed by atoms with Crippen LogP contribution in [-0.4, -0.2) is 22.7 Å². The molecular weight excluding hydrogens is 407 g/mol. The van der Waals surface area contributed by atoms with Crippen LogP contribution in [0, 0.1) is 30.2 Å². The molecule has 0 fully saturated rings. The minimum absolute atomic E-state index is 0.0708. The summed E-state index contributed by atoms with van der Waals surface area (Å²) in [5.74, 6) is -5.32. The summed E-state index contributed by atoms with van der Waals surface area (Å²) in [5.41, 5.74) is 7.03. The third-order valence-corrected chi connectivity index (χ3v) is 4.64. The second-order valence-electron chi connectivity index (χ2n) is 5.93. The van der Waals surface area contributed by atoms with Crippen LogP contribution in [0.3, 0.4) is 0 Å². The van der Waals surface area contributed by atoms with Gasteiger partial charge in [-0.3, -0.25) is 4.99 Å². The minimum atomic E-state index is -1.42. The van der Waals surface area contributed by atoms with Crippen molar-refractivity contribution in [2.75, 3.05) is 12.8 Å². The summed E-state index contributed by atoms with van der Waals surface area (Å²) >= 11 is 0. The molecule has 3 rings (SSSR count). The number of aryl methyl sites for hydroxylation is 1. The van der Waals surface area contributed by atoms with E-state index in [9.17, 15) is 17.6 Å². The number of rotatable bonds is 4. The van der Waals surface area contributed by atoms with Gasteiger partial charge in [0.05, 0.1) is 22.3 Å². The number of hydrogen-bond acceptors (Lipinski definition) is 5. The standard InChI is InChI=1S/C19H15F4N4OP/c1-8-14(19(24)27-7-26-8)16(25-2)10-4-3-9(5-11(10)20)28-17-15(23)12(21)6-13(22)18(17)29/h3-7H,29H2,1-2H3,(H2,24,26,27). The first-order valence-electron chi connectivity index (χ1n) is 8.19. The van der Waals surface area contributed by atoms with Crippen molar-refractivity contribution in [3.05, 3.63) is 70.7 Å². The summed E-state index contributed by atoms with van der Waals surface area (Å²) < 4.78 is 61.1. The Balaban J connectivity index is 2.02. The molecule has 0 saturated carbocycles. The zero-order valence-corrected chi connectivity index (χ0v) is 16.5. The maximum Gasteiger partial charge on any atom is 0.202 e. The van der Waals surface area contributed by atoms with Crippen molar-refractivity contribution < 1.29 is 22.3 Å². The van der Waals surface area contributed by atoms with Gasteiger partial charge in [-0.15, -0.1) is 0 Å². The van der Waals surface area contributed by atoms with Crippen molar-refractivity contribution in [2.45, 2.75) is 6.92 Å². The number of nitrogen functional groups attached to an aromatic ring is 1. The molecule has 1 heterocycles. The third kappa shape index (κ3) is 3.91. The number of hydrogen-bond donors (Lipinski definition) is 1. The first kappa shape index (κ1) is 20.7. The van der Waals surface area contributed by atoms with Crippen molar-refractivity contribution in [1.29, 1.82) is 0 Å². The molecule has 1 aromatic heterocycles. The van der Waals surface area contributed by atoms with Crippen molar-refractivity contribution >= 4 is 26.1 Å². The maximum absolute atomic E-state index is 14.8. The van der Waals surface area contributed by atoms with E-state index in [1.807, 2.05) is 9.24 Å². The number of aliphatic imine (C=N–C) groups is 1. The minimum Gasteiger partial charge on any atom is -0.453 e.